The van der Waals surface area contributed by atoms with Crippen LogP contribution >= 0.6 is 15.9 Å². The van der Waals surface area contributed by atoms with Crippen LogP contribution in [0.3, 0.4) is 0 Å². The molecule has 3 rings (SSSR count). The van der Waals surface area contributed by atoms with Crippen LogP contribution in [-0.2, 0) is 0 Å². The second-order valence-corrected chi connectivity index (χ2v) is 6.34. The molecule has 0 saturated carbocycles. The minimum absolute atomic E-state index is 0.0769. The Bertz CT molecular complexity index is 627. The molecule has 0 bridgehead atoms. The number of rotatable bonds is 2. The summed E-state index contributed by atoms with van der Waals surface area (Å²) < 4.78 is 28.3. The van der Waals surface area contributed by atoms with Gasteiger partial charge >= 0.3 is 0 Å². The summed E-state index contributed by atoms with van der Waals surface area (Å²) in [6, 6.07) is 12.1. The van der Waals surface area contributed by atoms with Crippen molar-refractivity contribution >= 4 is 15.9 Å². The zero-order valence-corrected chi connectivity index (χ0v) is 13.0. The first-order valence-electron chi connectivity index (χ1n) is 7.06. The molecular formula is C17H16BrF2N. The van der Waals surface area contributed by atoms with Crippen LogP contribution in [0.5, 0.6) is 0 Å². The Morgan fingerprint density at radius 2 is 1.76 bits per heavy atom. The van der Waals surface area contributed by atoms with Crippen LogP contribution in [0.15, 0.2) is 46.9 Å². The van der Waals surface area contributed by atoms with E-state index in [9.17, 15) is 8.78 Å². The van der Waals surface area contributed by atoms with Crippen molar-refractivity contribution in [2.45, 2.75) is 18.3 Å². The molecule has 0 spiro atoms. The molecule has 2 aromatic carbocycles. The highest BCUT2D eigenvalue weighted by atomic mass is 79.9. The van der Waals surface area contributed by atoms with Crippen molar-refractivity contribution in [3.05, 3.63) is 69.7 Å². The SMILES string of the molecule is Fc1ccc(C2CCNCC2c2ccc(Br)cc2)c(F)c1. The van der Waals surface area contributed by atoms with Gasteiger partial charge in [0.15, 0.2) is 0 Å². The van der Waals surface area contributed by atoms with E-state index in [0.29, 0.717) is 5.56 Å². The Kier molecular flexibility index (Phi) is 4.36. The van der Waals surface area contributed by atoms with Crippen molar-refractivity contribution in [3.63, 3.8) is 0 Å². The highest BCUT2D eigenvalue weighted by molar-refractivity contribution is 9.10. The molecule has 2 atom stereocenters. The van der Waals surface area contributed by atoms with Crippen LogP contribution in [0.1, 0.15) is 29.4 Å². The summed E-state index contributed by atoms with van der Waals surface area (Å²) in [6.07, 6.45) is 0.850. The van der Waals surface area contributed by atoms with E-state index in [1.807, 2.05) is 12.1 Å². The van der Waals surface area contributed by atoms with E-state index < -0.39 is 11.6 Å². The Morgan fingerprint density at radius 3 is 2.48 bits per heavy atom. The van der Waals surface area contributed by atoms with E-state index in [2.05, 4.69) is 33.4 Å². The van der Waals surface area contributed by atoms with Crippen LogP contribution in [0, 0.1) is 11.6 Å². The van der Waals surface area contributed by atoms with Crippen LogP contribution in [0.4, 0.5) is 8.78 Å². The molecule has 1 fully saturated rings. The summed E-state index contributed by atoms with van der Waals surface area (Å²) >= 11 is 3.43. The molecule has 1 N–H and O–H groups in total. The molecule has 110 valence electrons. The minimum Gasteiger partial charge on any atom is -0.316 e. The molecule has 0 aromatic heterocycles. The molecule has 2 unspecified atom stereocenters. The monoisotopic (exact) mass is 351 g/mol. The fourth-order valence-corrected chi connectivity index (χ4v) is 3.36. The smallest absolute Gasteiger partial charge is 0.129 e. The number of piperidine rings is 1. The zero-order chi connectivity index (χ0) is 14.8. The van der Waals surface area contributed by atoms with Gasteiger partial charge in [-0.15, -0.1) is 0 Å². The predicted molar refractivity (Wildman–Crippen MR) is 83.5 cm³/mol. The summed E-state index contributed by atoms with van der Waals surface area (Å²) in [5.41, 5.74) is 1.80. The quantitative estimate of drug-likeness (QED) is 0.834. The molecule has 4 heteroatoms. The molecule has 0 radical (unpaired) electrons. The third-order valence-corrected chi connectivity index (χ3v) is 4.67. The molecule has 1 aliphatic heterocycles. The van der Waals surface area contributed by atoms with E-state index >= 15 is 0 Å². The van der Waals surface area contributed by atoms with Gasteiger partial charge in [-0.3, -0.25) is 0 Å². The van der Waals surface area contributed by atoms with Gasteiger partial charge < -0.3 is 5.32 Å². The second-order valence-electron chi connectivity index (χ2n) is 5.42. The molecular weight excluding hydrogens is 336 g/mol. The maximum Gasteiger partial charge on any atom is 0.129 e. The third-order valence-electron chi connectivity index (χ3n) is 4.14. The Morgan fingerprint density at radius 1 is 1.00 bits per heavy atom. The first-order valence-corrected chi connectivity index (χ1v) is 7.85. The van der Waals surface area contributed by atoms with E-state index in [1.54, 1.807) is 6.07 Å². The molecule has 21 heavy (non-hydrogen) atoms. The summed E-state index contributed by atoms with van der Waals surface area (Å²) in [5.74, 6) is -0.686. The van der Waals surface area contributed by atoms with E-state index in [1.165, 1.54) is 11.6 Å². The lowest BCUT2D eigenvalue weighted by Crippen LogP contribution is -2.34. The van der Waals surface area contributed by atoms with Gasteiger partial charge in [0.2, 0.25) is 0 Å². The van der Waals surface area contributed by atoms with E-state index in [0.717, 1.165) is 30.0 Å². The largest absolute Gasteiger partial charge is 0.316 e. The van der Waals surface area contributed by atoms with Gasteiger partial charge in [0.1, 0.15) is 11.6 Å². The van der Waals surface area contributed by atoms with Crippen molar-refractivity contribution in [1.82, 2.24) is 5.32 Å². The van der Waals surface area contributed by atoms with Gasteiger partial charge in [0.05, 0.1) is 0 Å². The average molecular weight is 352 g/mol. The first-order chi connectivity index (χ1) is 10.1. The zero-order valence-electron chi connectivity index (χ0n) is 11.5. The highest BCUT2D eigenvalue weighted by Crippen LogP contribution is 2.38. The molecule has 1 saturated heterocycles. The van der Waals surface area contributed by atoms with Gasteiger partial charge in [-0.1, -0.05) is 34.1 Å². The van der Waals surface area contributed by atoms with Crippen molar-refractivity contribution in [1.29, 1.82) is 0 Å². The molecule has 1 aliphatic rings. The number of hydrogen-bond donors (Lipinski definition) is 1. The number of nitrogens with one attached hydrogen (secondary N) is 1. The average Bonchev–Trinajstić information content (AvgIpc) is 2.48. The van der Waals surface area contributed by atoms with Gasteiger partial charge in [0.25, 0.3) is 0 Å². The van der Waals surface area contributed by atoms with E-state index in [4.69, 9.17) is 0 Å². The molecule has 1 nitrogen and oxygen atoms in total. The van der Waals surface area contributed by atoms with Crippen molar-refractivity contribution in [2.24, 2.45) is 0 Å². The van der Waals surface area contributed by atoms with Gasteiger partial charge in [-0.2, -0.15) is 0 Å². The lowest BCUT2D eigenvalue weighted by molar-refractivity contribution is 0.392. The summed E-state index contributed by atoms with van der Waals surface area (Å²) in [6.45, 7) is 1.66. The number of hydrogen-bond acceptors (Lipinski definition) is 1. The predicted octanol–water partition coefficient (Wildman–Crippen LogP) is 4.59. The van der Waals surface area contributed by atoms with E-state index in [-0.39, 0.29) is 11.8 Å². The van der Waals surface area contributed by atoms with Crippen molar-refractivity contribution in [2.75, 3.05) is 13.1 Å². The lowest BCUT2D eigenvalue weighted by Gasteiger charge is -2.33. The van der Waals surface area contributed by atoms with Crippen molar-refractivity contribution < 1.29 is 8.78 Å². The normalized spacial score (nSPS) is 22.2. The third kappa shape index (κ3) is 3.16. The van der Waals surface area contributed by atoms with Crippen LogP contribution in [-0.4, -0.2) is 13.1 Å². The number of benzene rings is 2. The van der Waals surface area contributed by atoms with Crippen LogP contribution < -0.4 is 5.32 Å². The van der Waals surface area contributed by atoms with Crippen LogP contribution in [0.25, 0.3) is 0 Å². The second kappa shape index (κ2) is 6.24. The maximum atomic E-state index is 14.1. The van der Waals surface area contributed by atoms with Crippen LogP contribution in [0.2, 0.25) is 0 Å². The highest BCUT2D eigenvalue weighted by Gasteiger charge is 2.29. The molecule has 1 heterocycles. The van der Waals surface area contributed by atoms with Gasteiger partial charge in [-0.25, -0.2) is 8.78 Å². The fourth-order valence-electron chi connectivity index (χ4n) is 3.09. The van der Waals surface area contributed by atoms with Gasteiger partial charge in [-0.05, 0) is 48.2 Å². The Hall–Kier alpha value is -1.26. The molecule has 2 aromatic rings. The summed E-state index contributed by atoms with van der Waals surface area (Å²) in [4.78, 5) is 0. The lowest BCUT2D eigenvalue weighted by atomic mass is 9.77. The molecule has 0 aliphatic carbocycles. The Labute approximate surface area is 131 Å². The van der Waals surface area contributed by atoms with Crippen molar-refractivity contribution in [3.8, 4) is 0 Å². The standard InChI is InChI=1S/C17H16BrF2N/c18-12-3-1-11(2-4-12)16-10-21-8-7-14(16)15-6-5-13(19)9-17(15)20/h1-6,9,14,16,21H,7-8,10H2. The summed E-state index contributed by atoms with van der Waals surface area (Å²) in [5, 5.41) is 3.37. The topological polar surface area (TPSA) is 12.0 Å². The first kappa shape index (κ1) is 14.7. The fraction of sp³-hybridized carbons (Fsp3) is 0.294. The summed E-state index contributed by atoms with van der Waals surface area (Å²) in [7, 11) is 0. The molecule has 0 amide bonds. The minimum atomic E-state index is -0.523. The van der Waals surface area contributed by atoms with Gasteiger partial charge in [0, 0.05) is 23.0 Å². The number of halogens is 3. The Balaban J connectivity index is 1.96. The maximum absolute atomic E-state index is 14.1.